The van der Waals surface area contributed by atoms with E-state index in [4.69, 9.17) is 5.73 Å². The third-order valence-corrected chi connectivity index (χ3v) is 5.34. The van der Waals surface area contributed by atoms with E-state index in [0.717, 1.165) is 36.8 Å². The Morgan fingerprint density at radius 2 is 1.83 bits per heavy atom. The van der Waals surface area contributed by atoms with Crippen molar-refractivity contribution in [2.45, 2.75) is 32.1 Å². The van der Waals surface area contributed by atoms with Crippen LogP contribution >= 0.6 is 11.3 Å². The average Bonchev–Trinajstić information content (AvgIpc) is 2.75. The van der Waals surface area contributed by atoms with Gasteiger partial charge in [0.25, 0.3) is 5.91 Å². The standard InChI is InChI=1S/C19H20N2O2S/c20-18(23)17-14-9-5-2-6-10-15(14)24-19(17)21-16(22)12-11-13-7-3-1-4-8-13/h1,3-4,7-8,11-12H,2,5-6,9-10H2,(H2,20,23)(H,21,22)/b12-11+. The predicted octanol–water partition coefficient (Wildman–Crippen LogP) is 3.77. The zero-order valence-electron chi connectivity index (χ0n) is 13.4. The van der Waals surface area contributed by atoms with E-state index in [-0.39, 0.29) is 5.91 Å². The maximum absolute atomic E-state index is 12.2. The molecule has 1 aromatic carbocycles. The molecule has 0 bridgehead atoms. The first-order chi connectivity index (χ1) is 11.6. The number of hydrogen-bond acceptors (Lipinski definition) is 3. The zero-order chi connectivity index (χ0) is 16.9. The molecular formula is C19H20N2O2S. The molecule has 1 heterocycles. The largest absolute Gasteiger partial charge is 0.365 e. The summed E-state index contributed by atoms with van der Waals surface area (Å²) in [5.41, 5.74) is 8.06. The molecule has 0 aliphatic heterocycles. The molecule has 2 aromatic rings. The predicted molar refractivity (Wildman–Crippen MR) is 98.2 cm³/mol. The Hall–Kier alpha value is -2.40. The van der Waals surface area contributed by atoms with Crippen molar-refractivity contribution in [3.05, 3.63) is 58.0 Å². The second-order valence-electron chi connectivity index (χ2n) is 5.87. The fourth-order valence-electron chi connectivity index (χ4n) is 2.98. The van der Waals surface area contributed by atoms with Gasteiger partial charge in [0.1, 0.15) is 5.00 Å². The summed E-state index contributed by atoms with van der Waals surface area (Å²) in [5.74, 6) is -0.713. The molecule has 1 aliphatic carbocycles. The van der Waals surface area contributed by atoms with Gasteiger partial charge in [0.05, 0.1) is 5.56 Å². The number of benzene rings is 1. The van der Waals surface area contributed by atoms with Crippen LogP contribution in [0.4, 0.5) is 5.00 Å². The lowest BCUT2D eigenvalue weighted by molar-refractivity contribution is -0.111. The number of anilines is 1. The minimum atomic E-state index is -0.461. The lowest BCUT2D eigenvalue weighted by atomic mass is 10.1. The SMILES string of the molecule is NC(=O)c1c(NC(=O)/C=C/c2ccccc2)sc2c1CCCCC2. The van der Waals surface area contributed by atoms with Crippen LogP contribution in [-0.2, 0) is 17.6 Å². The number of primary amides is 1. The Kier molecular flexibility index (Phi) is 5.11. The highest BCUT2D eigenvalue weighted by atomic mass is 32.1. The summed E-state index contributed by atoms with van der Waals surface area (Å²) < 4.78 is 0. The van der Waals surface area contributed by atoms with E-state index in [1.165, 1.54) is 28.7 Å². The van der Waals surface area contributed by atoms with Crippen molar-refractivity contribution in [3.63, 3.8) is 0 Å². The molecule has 4 nitrogen and oxygen atoms in total. The molecule has 3 rings (SSSR count). The number of fused-ring (bicyclic) bond motifs is 1. The summed E-state index contributed by atoms with van der Waals surface area (Å²) in [5, 5.41) is 3.41. The first kappa shape index (κ1) is 16.5. The molecule has 0 unspecified atom stereocenters. The molecule has 124 valence electrons. The van der Waals surface area contributed by atoms with Gasteiger partial charge in [0, 0.05) is 11.0 Å². The molecule has 24 heavy (non-hydrogen) atoms. The molecule has 1 aliphatic rings. The lowest BCUT2D eigenvalue weighted by Crippen LogP contribution is -2.16. The number of nitrogens with two attached hydrogens (primary N) is 1. The number of nitrogens with one attached hydrogen (secondary N) is 1. The van der Waals surface area contributed by atoms with Crippen LogP contribution in [0.5, 0.6) is 0 Å². The van der Waals surface area contributed by atoms with Crippen molar-refractivity contribution >= 4 is 34.2 Å². The highest BCUT2D eigenvalue weighted by Crippen LogP contribution is 2.37. The van der Waals surface area contributed by atoms with E-state index in [2.05, 4.69) is 5.32 Å². The van der Waals surface area contributed by atoms with E-state index >= 15 is 0 Å². The quantitative estimate of drug-likeness (QED) is 0.657. The Balaban J connectivity index is 1.80. The Morgan fingerprint density at radius 3 is 2.58 bits per heavy atom. The van der Waals surface area contributed by atoms with Crippen molar-refractivity contribution in [3.8, 4) is 0 Å². The molecule has 0 saturated heterocycles. The normalized spacial score (nSPS) is 14.2. The summed E-state index contributed by atoms with van der Waals surface area (Å²) in [4.78, 5) is 25.3. The van der Waals surface area contributed by atoms with Gasteiger partial charge in [-0.3, -0.25) is 9.59 Å². The molecule has 0 saturated carbocycles. The van der Waals surface area contributed by atoms with Crippen LogP contribution in [0.15, 0.2) is 36.4 Å². The molecule has 2 amide bonds. The number of aryl methyl sites for hydroxylation is 1. The van der Waals surface area contributed by atoms with Crippen molar-refractivity contribution in [1.29, 1.82) is 0 Å². The molecular weight excluding hydrogens is 320 g/mol. The summed E-state index contributed by atoms with van der Waals surface area (Å²) in [6, 6.07) is 9.60. The van der Waals surface area contributed by atoms with Crippen LogP contribution in [0.25, 0.3) is 6.08 Å². The van der Waals surface area contributed by atoms with E-state index < -0.39 is 5.91 Å². The minimum absolute atomic E-state index is 0.252. The van der Waals surface area contributed by atoms with Crippen LogP contribution in [-0.4, -0.2) is 11.8 Å². The lowest BCUT2D eigenvalue weighted by Gasteiger charge is -2.04. The number of carbonyl (C=O) groups is 2. The molecule has 0 fully saturated rings. The molecule has 3 N–H and O–H groups in total. The van der Waals surface area contributed by atoms with Crippen LogP contribution < -0.4 is 11.1 Å². The smallest absolute Gasteiger partial charge is 0.251 e. The molecule has 0 atom stereocenters. The topological polar surface area (TPSA) is 72.2 Å². The van der Waals surface area contributed by atoms with Crippen molar-refractivity contribution in [1.82, 2.24) is 0 Å². The van der Waals surface area contributed by atoms with Gasteiger partial charge < -0.3 is 11.1 Å². The van der Waals surface area contributed by atoms with Gasteiger partial charge in [0.15, 0.2) is 0 Å². The van der Waals surface area contributed by atoms with Crippen molar-refractivity contribution in [2.24, 2.45) is 5.73 Å². The van der Waals surface area contributed by atoms with Crippen molar-refractivity contribution < 1.29 is 9.59 Å². The average molecular weight is 340 g/mol. The fraction of sp³-hybridized carbons (Fsp3) is 0.263. The number of thiophene rings is 1. The Bertz CT molecular complexity index is 778. The van der Waals surface area contributed by atoms with E-state index in [9.17, 15) is 9.59 Å². The summed E-state index contributed by atoms with van der Waals surface area (Å²) in [7, 11) is 0. The summed E-state index contributed by atoms with van der Waals surface area (Å²) in [6.45, 7) is 0. The van der Waals surface area contributed by atoms with Gasteiger partial charge in [-0.05, 0) is 42.9 Å². The molecule has 1 aromatic heterocycles. The second kappa shape index (κ2) is 7.45. The van der Waals surface area contributed by atoms with Crippen LogP contribution in [0.2, 0.25) is 0 Å². The summed E-state index contributed by atoms with van der Waals surface area (Å²) in [6.07, 6.45) is 8.39. The zero-order valence-corrected chi connectivity index (χ0v) is 14.2. The highest BCUT2D eigenvalue weighted by molar-refractivity contribution is 7.17. The number of carbonyl (C=O) groups excluding carboxylic acids is 2. The van der Waals surface area contributed by atoms with E-state index in [1.54, 1.807) is 6.08 Å². The van der Waals surface area contributed by atoms with Gasteiger partial charge in [-0.25, -0.2) is 0 Å². The Labute approximate surface area is 145 Å². The van der Waals surface area contributed by atoms with Crippen LogP contribution in [0, 0.1) is 0 Å². The van der Waals surface area contributed by atoms with Gasteiger partial charge in [-0.2, -0.15) is 0 Å². The van der Waals surface area contributed by atoms with Crippen LogP contribution in [0.1, 0.15) is 45.6 Å². The van der Waals surface area contributed by atoms with Gasteiger partial charge >= 0.3 is 0 Å². The Morgan fingerprint density at radius 1 is 1.08 bits per heavy atom. The first-order valence-electron chi connectivity index (χ1n) is 8.13. The maximum Gasteiger partial charge on any atom is 0.251 e. The summed E-state index contributed by atoms with van der Waals surface area (Å²) >= 11 is 1.49. The molecule has 0 radical (unpaired) electrons. The van der Waals surface area contributed by atoms with Crippen molar-refractivity contribution in [2.75, 3.05) is 5.32 Å². The second-order valence-corrected chi connectivity index (χ2v) is 6.97. The van der Waals surface area contributed by atoms with E-state index in [0.29, 0.717) is 10.6 Å². The van der Waals surface area contributed by atoms with Gasteiger partial charge in [-0.1, -0.05) is 36.8 Å². The minimum Gasteiger partial charge on any atom is -0.365 e. The number of amides is 2. The number of hydrogen-bond donors (Lipinski definition) is 2. The van der Waals surface area contributed by atoms with Gasteiger partial charge in [-0.15, -0.1) is 11.3 Å². The van der Waals surface area contributed by atoms with Gasteiger partial charge in [0.2, 0.25) is 5.91 Å². The maximum atomic E-state index is 12.2. The molecule has 0 spiro atoms. The third-order valence-electron chi connectivity index (χ3n) is 4.13. The monoisotopic (exact) mass is 340 g/mol. The number of rotatable bonds is 4. The molecule has 5 heteroatoms. The first-order valence-corrected chi connectivity index (χ1v) is 8.95. The third kappa shape index (κ3) is 3.74. The fourth-order valence-corrected chi connectivity index (χ4v) is 4.28. The van der Waals surface area contributed by atoms with Crippen LogP contribution in [0.3, 0.4) is 0 Å². The van der Waals surface area contributed by atoms with E-state index in [1.807, 2.05) is 30.3 Å². The highest BCUT2D eigenvalue weighted by Gasteiger charge is 2.23.